The molecule has 2 aromatic rings. The highest BCUT2D eigenvalue weighted by Crippen LogP contribution is 2.25. The molecule has 0 spiro atoms. The summed E-state index contributed by atoms with van der Waals surface area (Å²) in [6, 6.07) is 5.58. The molecular weight excluding hydrogens is 280 g/mol. The first-order chi connectivity index (χ1) is 10.7. The van der Waals surface area contributed by atoms with Crippen molar-refractivity contribution in [2.75, 3.05) is 13.2 Å². The van der Waals surface area contributed by atoms with Gasteiger partial charge < -0.3 is 14.6 Å². The number of nitrogens with zero attached hydrogens (tertiary/aromatic N) is 1. The van der Waals surface area contributed by atoms with Crippen LogP contribution >= 0.6 is 0 Å². The number of unbranched alkanes of at least 4 members (excludes halogenated alkanes) is 1. The molecule has 1 amide bonds. The second-order valence-electron chi connectivity index (χ2n) is 5.15. The summed E-state index contributed by atoms with van der Waals surface area (Å²) < 4.78 is 7.27. The van der Waals surface area contributed by atoms with Gasteiger partial charge in [0.15, 0.2) is 6.29 Å². The minimum Gasteiger partial charge on any atom is -0.494 e. The van der Waals surface area contributed by atoms with Crippen LogP contribution in [0.3, 0.4) is 0 Å². The van der Waals surface area contributed by atoms with E-state index in [9.17, 15) is 9.59 Å². The SMILES string of the molecule is CCCCNC(=O)Cn1cc(C=O)c2cc(OCC)ccc21. The average Bonchev–Trinajstić information content (AvgIpc) is 2.85. The lowest BCUT2D eigenvalue weighted by atomic mass is 10.2. The molecule has 1 N–H and O–H groups in total. The van der Waals surface area contributed by atoms with Gasteiger partial charge in [0.2, 0.25) is 5.91 Å². The van der Waals surface area contributed by atoms with Gasteiger partial charge in [0.25, 0.3) is 0 Å². The number of ether oxygens (including phenoxy) is 1. The second-order valence-corrected chi connectivity index (χ2v) is 5.15. The van der Waals surface area contributed by atoms with Crippen LogP contribution in [0.25, 0.3) is 10.9 Å². The van der Waals surface area contributed by atoms with Gasteiger partial charge >= 0.3 is 0 Å². The molecule has 2 rings (SSSR count). The van der Waals surface area contributed by atoms with Gasteiger partial charge in [-0.05, 0) is 31.5 Å². The summed E-state index contributed by atoms with van der Waals surface area (Å²) in [5.74, 6) is 0.680. The Morgan fingerprint density at radius 1 is 1.36 bits per heavy atom. The number of aldehydes is 1. The van der Waals surface area contributed by atoms with E-state index in [1.54, 1.807) is 10.8 Å². The number of carbonyl (C=O) groups is 2. The van der Waals surface area contributed by atoms with Crippen molar-refractivity contribution in [3.63, 3.8) is 0 Å². The van der Waals surface area contributed by atoms with Gasteiger partial charge in [0.1, 0.15) is 12.3 Å². The molecule has 0 bridgehead atoms. The highest BCUT2D eigenvalue weighted by Gasteiger charge is 2.11. The number of hydrogen-bond donors (Lipinski definition) is 1. The first kappa shape index (κ1) is 16.1. The summed E-state index contributed by atoms with van der Waals surface area (Å²) in [7, 11) is 0. The van der Waals surface area contributed by atoms with Crippen LogP contribution in [-0.4, -0.2) is 29.9 Å². The fraction of sp³-hybridized carbons (Fsp3) is 0.412. The molecule has 1 aromatic heterocycles. The van der Waals surface area contributed by atoms with E-state index in [2.05, 4.69) is 12.2 Å². The number of carbonyl (C=O) groups excluding carboxylic acids is 2. The Morgan fingerprint density at radius 2 is 2.18 bits per heavy atom. The maximum absolute atomic E-state index is 12.0. The van der Waals surface area contributed by atoms with Crippen LogP contribution in [0.2, 0.25) is 0 Å². The first-order valence-corrected chi connectivity index (χ1v) is 7.67. The van der Waals surface area contributed by atoms with Gasteiger partial charge in [-0.25, -0.2) is 0 Å². The Labute approximate surface area is 130 Å². The summed E-state index contributed by atoms with van der Waals surface area (Å²) in [6.07, 6.45) is 4.54. The number of hydrogen-bond acceptors (Lipinski definition) is 3. The molecule has 1 heterocycles. The van der Waals surface area contributed by atoms with E-state index in [0.717, 1.165) is 35.8 Å². The van der Waals surface area contributed by atoms with Gasteiger partial charge in [-0.1, -0.05) is 13.3 Å². The first-order valence-electron chi connectivity index (χ1n) is 7.67. The number of amides is 1. The fourth-order valence-electron chi connectivity index (χ4n) is 2.40. The summed E-state index contributed by atoms with van der Waals surface area (Å²) in [4.78, 5) is 23.2. The molecule has 0 unspecified atom stereocenters. The van der Waals surface area contributed by atoms with Gasteiger partial charge in [-0.2, -0.15) is 0 Å². The topological polar surface area (TPSA) is 60.3 Å². The van der Waals surface area contributed by atoms with Crippen LogP contribution in [0, 0.1) is 0 Å². The van der Waals surface area contributed by atoms with Crippen molar-refractivity contribution in [2.24, 2.45) is 0 Å². The number of benzene rings is 1. The molecule has 1 aromatic carbocycles. The van der Waals surface area contributed by atoms with Crippen LogP contribution < -0.4 is 10.1 Å². The Morgan fingerprint density at radius 3 is 2.86 bits per heavy atom. The monoisotopic (exact) mass is 302 g/mol. The standard InChI is InChI=1S/C17H22N2O3/c1-3-5-8-18-17(21)11-19-10-13(12-20)15-9-14(22-4-2)6-7-16(15)19/h6-7,9-10,12H,3-5,8,11H2,1-2H3,(H,18,21). The third-order valence-corrected chi connectivity index (χ3v) is 3.49. The number of nitrogens with one attached hydrogen (secondary N) is 1. The smallest absolute Gasteiger partial charge is 0.239 e. The highest BCUT2D eigenvalue weighted by molar-refractivity contribution is 5.98. The van der Waals surface area contributed by atoms with E-state index in [1.165, 1.54) is 0 Å². The highest BCUT2D eigenvalue weighted by atomic mass is 16.5. The van der Waals surface area contributed by atoms with E-state index >= 15 is 0 Å². The van der Waals surface area contributed by atoms with Crippen molar-refractivity contribution in [3.8, 4) is 5.75 Å². The molecule has 0 saturated heterocycles. The summed E-state index contributed by atoms with van der Waals surface area (Å²) in [5.41, 5.74) is 1.43. The maximum atomic E-state index is 12.0. The molecule has 0 fully saturated rings. The van der Waals surface area contributed by atoms with E-state index in [4.69, 9.17) is 4.74 Å². The summed E-state index contributed by atoms with van der Waals surface area (Å²) in [5, 5.41) is 3.69. The molecule has 22 heavy (non-hydrogen) atoms. The third-order valence-electron chi connectivity index (χ3n) is 3.49. The van der Waals surface area contributed by atoms with E-state index < -0.39 is 0 Å². The number of rotatable bonds is 8. The van der Waals surface area contributed by atoms with E-state index in [-0.39, 0.29) is 12.5 Å². The molecule has 0 saturated carbocycles. The van der Waals surface area contributed by atoms with Gasteiger partial charge in [0, 0.05) is 29.2 Å². The molecule has 0 aliphatic carbocycles. The summed E-state index contributed by atoms with van der Waals surface area (Å²) in [6.45, 7) is 5.46. The molecule has 118 valence electrons. The van der Waals surface area contributed by atoms with Gasteiger partial charge in [-0.15, -0.1) is 0 Å². The predicted octanol–water partition coefficient (Wildman–Crippen LogP) is 2.77. The molecule has 5 heteroatoms. The van der Waals surface area contributed by atoms with Crippen LogP contribution in [0.15, 0.2) is 24.4 Å². The van der Waals surface area contributed by atoms with Crippen molar-refractivity contribution in [1.82, 2.24) is 9.88 Å². The molecule has 0 atom stereocenters. The van der Waals surface area contributed by atoms with Crippen LogP contribution in [0.4, 0.5) is 0 Å². The zero-order valence-electron chi connectivity index (χ0n) is 13.1. The molecule has 0 radical (unpaired) electrons. The number of fused-ring (bicyclic) bond motifs is 1. The fourth-order valence-corrected chi connectivity index (χ4v) is 2.40. The van der Waals surface area contributed by atoms with Crippen LogP contribution in [0.5, 0.6) is 5.75 Å². The van der Waals surface area contributed by atoms with Crippen molar-refractivity contribution < 1.29 is 14.3 Å². The Balaban J connectivity index is 2.23. The zero-order valence-corrected chi connectivity index (χ0v) is 13.1. The quantitative estimate of drug-likeness (QED) is 0.602. The predicted molar refractivity (Wildman–Crippen MR) is 86.4 cm³/mol. The lowest BCUT2D eigenvalue weighted by Gasteiger charge is -2.07. The Bertz CT molecular complexity index is 661. The van der Waals surface area contributed by atoms with Crippen molar-refractivity contribution >= 4 is 23.1 Å². The number of aromatic nitrogens is 1. The van der Waals surface area contributed by atoms with Crippen molar-refractivity contribution in [1.29, 1.82) is 0 Å². The normalized spacial score (nSPS) is 10.6. The second kappa shape index (κ2) is 7.64. The zero-order chi connectivity index (χ0) is 15.9. The third kappa shape index (κ3) is 3.67. The van der Waals surface area contributed by atoms with E-state index in [1.807, 2.05) is 25.1 Å². The molecule has 0 aliphatic heterocycles. The molecule has 0 aliphatic rings. The molecule has 5 nitrogen and oxygen atoms in total. The average molecular weight is 302 g/mol. The van der Waals surface area contributed by atoms with Crippen LogP contribution in [0.1, 0.15) is 37.0 Å². The lowest BCUT2D eigenvalue weighted by molar-refractivity contribution is -0.121. The van der Waals surface area contributed by atoms with Crippen molar-refractivity contribution in [2.45, 2.75) is 33.2 Å². The Kier molecular flexibility index (Phi) is 5.58. The molecular formula is C17H22N2O3. The van der Waals surface area contributed by atoms with Gasteiger partial charge in [-0.3, -0.25) is 9.59 Å². The van der Waals surface area contributed by atoms with Gasteiger partial charge in [0.05, 0.1) is 6.61 Å². The lowest BCUT2D eigenvalue weighted by Crippen LogP contribution is -2.28. The van der Waals surface area contributed by atoms with Crippen LogP contribution in [-0.2, 0) is 11.3 Å². The maximum Gasteiger partial charge on any atom is 0.239 e. The van der Waals surface area contributed by atoms with E-state index in [0.29, 0.717) is 18.7 Å². The van der Waals surface area contributed by atoms with Crippen molar-refractivity contribution in [3.05, 3.63) is 30.0 Å². The minimum absolute atomic E-state index is 0.0447. The Hall–Kier alpha value is -2.30. The largest absolute Gasteiger partial charge is 0.494 e. The minimum atomic E-state index is -0.0447. The summed E-state index contributed by atoms with van der Waals surface area (Å²) >= 11 is 0.